The molecule has 3 nitrogen and oxygen atoms in total. The van der Waals surface area contributed by atoms with E-state index in [-0.39, 0.29) is 5.91 Å². The Labute approximate surface area is 115 Å². The number of para-hydroxylation sites is 1. The third kappa shape index (κ3) is 3.49. The van der Waals surface area contributed by atoms with E-state index in [9.17, 15) is 4.79 Å². The molecule has 0 spiro atoms. The molecular formula is C16H23NO2. The molecule has 2 rings (SSSR count). The van der Waals surface area contributed by atoms with E-state index in [1.165, 1.54) is 19.3 Å². The van der Waals surface area contributed by atoms with Crippen molar-refractivity contribution in [3.63, 3.8) is 0 Å². The molecule has 0 aliphatic heterocycles. The predicted molar refractivity (Wildman–Crippen MR) is 76.5 cm³/mol. The lowest BCUT2D eigenvalue weighted by Crippen LogP contribution is -2.41. The average Bonchev–Trinajstić information content (AvgIpc) is 2.42. The number of hydrogen-bond acceptors (Lipinski definition) is 2. The minimum absolute atomic E-state index is 0.0113. The Morgan fingerprint density at radius 2 is 2.05 bits per heavy atom. The van der Waals surface area contributed by atoms with Crippen LogP contribution in [0.2, 0.25) is 0 Å². The van der Waals surface area contributed by atoms with E-state index in [1.54, 1.807) is 0 Å². The Bertz CT molecular complexity index is 431. The quantitative estimate of drug-likeness (QED) is 0.902. The van der Waals surface area contributed by atoms with Crippen molar-refractivity contribution in [1.82, 2.24) is 5.32 Å². The largest absolute Gasteiger partial charge is 0.493 e. The number of rotatable bonds is 4. The summed E-state index contributed by atoms with van der Waals surface area (Å²) in [4.78, 5) is 12.4. The molecule has 1 aliphatic carbocycles. The lowest BCUT2D eigenvalue weighted by molar-refractivity contribution is 0.0906. The van der Waals surface area contributed by atoms with Crippen molar-refractivity contribution in [3.8, 4) is 5.75 Å². The average molecular weight is 261 g/mol. The fourth-order valence-corrected chi connectivity index (χ4v) is 2.71. The Morgan fingerprint density at radius 3 is 2.79 bits per heavy atom. The van der Waals surface area contributed by atoms with Crippen LogP contribution in [0, 0.1) is 5.92 Å². The van der Waals surface area contributed by atoms with Gasteiger partial charge in [0.25, 0.3) is 5.91 Å². The molecule has 1 aliphatic rings. The zero-order valence-electron chi connectivity index (χ0n) is 11.8. The van der Waals surface area contributed by atoms with Gasteiger partial charge in [0, 0.05) is 6.04 Å². The summed E-state index contributed by atoms with van der Waals surface area (Å²) in [7, 11) is 0. The summed E-state index contributed by atoms with van der Waals surface area (Å²) >= 11 is 0. The van der Waals surface area contributed by atoms with E-state index in [0.29, 0.717) is 29.9 Å². The smallest absolute Gasteiger partial charge is 0.255 e. The number of ether oxygens (including phenoxy) is 1. The first-order valence-electron chi connectivity index (χ1n) is 7.25. The summed E-state index contributed by atoms with van der Waals surface area (Å²) < 4.78 is 5.51. The van der Waals surface area contributed by atoms with Crippen LogP contribution in [0.5, 0.6) is 5.75 Å². The first-order chi connectivity index (χ1) is 9.22. The summed E-state index contributed by atoms with van der Waals surface area (Å²) in [5.41, 5.74) is 0.641. The summed E-state index contributed by atoms with van der Waals surface area (Å²) in [6.07, 6.45) is 4.78. The van der Waals surface area contributed by atoms with E-state index in [0.717, 1.165) is 6.42 Å². The molecule has 2 atom stereocenters. The van der Waals surface area contributed by atoms with E-state index < -0.39 is 0 Å². The van der Waals surface area contributed by atoms with E-state index in [4.69, 9.17) is 4.74 Å². The highest BCUT2D eigenvalue weighted by atomic mass is 16.5. The molecule has 3 heteroatoms. The highest BCUT2D eigenvalue weighted by molar-refractivity contribution is 5.97. The van der Waals surface area contributed by atoms with Gasteiger partial charge in [0.05, 0.1) is 12.2 Å². The molecule has 19 heavy (non-hydrogen) atoms. The van der Waals surface area contributed by atoms with Gasteiger partial charge < -0.3 is 10.1 Å². The number of amides is 1. The third-order valence-electron chi connectivity index (χ3n) is 3.86. The van der Waals surface area contributed by atoms with Gasteiger partial charge in [-0.05, 0) is 37.8 Å². The van der Waals surface area contributed by atoms with E-state index >= 15 is 0 Å². The van der Waals surface area contributed by atoms with Crippen LogP contribution in [0.3, 0.4) is 0 Å². The number of benzene rings is 1. The zero-order valence-corrected chi connectivity index (χ0v) is 11.8. The molecule has 1 aromatic rings. The van der Waals surface area contributed by atoms with Crippen LogP contribution in [0.25, 0.3) is 0 Å². The number of carbonyl (C=O) groups excluding carboxylic acids is 1. The molecular weight excluding hydrogens is 238 g/mol. The fraction of sp³-hybridized carbons (Fsp3) is 0.562. The molecule has 0 aromatic heterocycles. The highest BCUT2D eigenvalue weighted by Crippen LogP contribution is 2.25. The van der Waals surface area contributed by atoms with Gasteiger partial charge in [0.15, 0.2) is 0 Å². The van der Waals surface area contributed by atoms with Crippen molar-refractivity contribution in [2.45, 2.75) is 45.6 Å². The van der Waals surface area contributed by atoms with Gasteiger partial charge in [-0.15, -0.1) is 0 Å². The zero-order chi connectivity index (χ0) is 13.7. The number of nitrogens with one attached hydrogen (secondary N) is 1. The second-order valence-electron chi connectivity index (χ2n) is 5.27. The lowest BCUT2D eigenvalue weighted by atomic mass is 9.86. The summed E-state index contributed by atoms with van der Waals surface area (Å²) in [6.45, 7) is 4.72. The maximum Gasteiger partial charge on any atom is 0.255 e. The van der Waals surface area contributed by atoms with Crippen molar-refractivity contribution in [3.05, 3.63) is 29.8 Å². The van der Waals surface area contributed by atoms with Crippen LogP contribution in [-0.2, 0) is 0 Å². The Morgan fingerprint density at radius 1 is 1.32 bits per heavy atom. The minimum Gasteiger partial charge on any atom is -0.493 e. The maximum atomic E-state index is 12.4. The number of carbonyl (C=O) groups is 1. The van der Waals surface area contributed by atoms with Gasteiger partial charge in [-0.1, -0.05) is 31.9 Å². The van der Waals surface area contributed by atoms with Crippen LogP contribution in [0.1, 0.15) is 49.9 Å². The van der Waals surface area contributed by atoms with Crippen LogP contribution >= 0.6 is 0 Å². The predicted octanol–water partition coefficient (Wildman–Crippen LogP) is 3.39. The van der Waals surface area contributed by atoms with Crippen molar-refractivity contribution in [1.29, 1.82) is 0 Å². The molecule has 1 aromatic carbocycles. The molecule has 0 saturated heterocycles. The lowest BCUT2D eigenvalue weighted by Gasteiger charge is -2.29. The first kappa shape index (κ1) is 13.9. The molecule has 1 amide bonds. The molecule has 1 fully saturated rings. The van der Waals surface area contributed by atoms with Crippen molar-refractivity contribution >= 4 is 5.91 Å². The molecule has 0 radical (unpaired) electrons. The van der Waals surface area contributed by atoms with Crippen molar-refractivity contribution in [2.24, 2.45) is 5.92 Å². The molecule has 104 valence electrons. The Hall–Kier alpha value is -1.51. The topological polar surface area (TPSA) is 38.3 Å². The maximum absolute atomic E-state index is 12.4. The monoisotopic (exact) mass is 261 g/mol. The van der Waals surface area contributed by atoms with Gasteiger partial charge in [-0.2, -0.15) is 0 Å². The highest BCUT2D eigenvalue weighted by Gasteiger charge is 2.24. The Balaban J connectivity index is 2.06. The van der Waals surface area contributed by atoms with Gasteiger partial charge in [-0.3, -0.25) is 4.79 Å². The molecule has 0 bridgehead atoms. The van der Waals surface area contributed by atoms with Crippen molar-refractivity contribution < 1.29 is 9.53 Å². The third-order valence-corrected chi connectivity index (χ3v) is 3.86. The molecule has 1 N–H and O–H groups in total. The summed E-state index contributed by atoms with van der Waals surface area (Å²) in [5.74, 6) is 1.23. The van der Waals surface area contributed by atoms with Gasteiger partial charge in [0.2, 0.25) is 0 Å². The van der Waals surface area contributed by atoms with Gasteiger partial charge in [-0.25, -0.2) is 0 Å². The van der Waals surface area contributed by atoms with Crippen LogP contribution < -0.4 is 10.1 Å². The first-order valence-corrected chi connectivity index (χ1v) is 7.25. The minimum atomic E-state index is -0.0113. The number of hydrogen-bond donors (Lipinski definition) is 1. The standard InChI is InChI=1S/C16H23NO2/c1-3-19-15-11-7-5-9-13(15)16(18)17-14-10-6-4-8-12(14)2/h5,7,9,11-12,14H,3-4,6,8,10H2,1-2H3,(H,17,18)/t12-,14+/m1/s1. The molecule has 0 unspecified atom stereocenters. The van der Waals surface area contributed by atoms with Crippen LogP contribution in [-0.4, -0.2) is 18.6 Å². The fourth-order valence-electron chi connectivity index (χ4n) is 2.71. The summed E-state index contributed by atoms with van der Waals surface area (Å²) in [6, 6.07) is 7.75. The second kappa shape index (κ2) is 6.60. The van der Waals surface area contributed by atoms with Gasteiger partial charge >= 0.3 is 0 Å². The molecule has 0 heterocycles. The summed E-state index contributed by atoms with van der Waals surface area (Å²) in [5, 5.41) is 3.16. The van der Waals surface area contributed by atoms with Crippen LogP contribution in [0.4, 0.5) is 0 Å². The van der Waals surface area contributed by atoms with Gasteiger partial charge in [0.1, 0.15) is 5.75 Å². The Kier molecular flexibility index (Phi) is 4.83. The second-order valence-corrected chi connectivity index (χ2v) is 5.27. The van der Waals surface area contributed by atoms with Crippen molar-refractivity contribution in [2.75, 3.05) is 6.61 Å². The van der Waals surface area contributed by atoms with Crippen LogP contribution in [0.15, 0.2) is 24.3 Å². The normalized spacial score (nSPS) is 22.8. The van der Waals surface area contributed by atoms with E-state index in [2.05, 4.69) is 12.2 Å². The van der Waals surface area contributed by atoms with E-state index in [1.807, 2.05) is 31.2 Å². The molecule has 1 saturated carbocycles. The SMILES string of the molecule is CCOc1ccccc1C(=O)N[C@H]1CCCC[C@H]1C.